The highest BCUT2D eigenvalue weighted by Crippen LogP contribution is 2.10. The molecule has 0 unspecified atom stereocenters. The molecule has 1 amide bonds. The number of rotatable bonds is 20. The molecule has 1 aromatic rings. The first-order valence-corrected chi connectivity index (χ1v) is 12.4. The Labute approximate surface area is 189 Å². The Bertz CT molecular complexity index is 599. The first-order valence-electron chi connectivity index (χ1n) is 12.4. The first-order chi connectivity index (χ1) is 15.1. The van der Waals surface area contributed by atoms with Gasteiger partial charge in [0.15, 0.2) is 5.95 Å². The summed E-state index contributed by atoms with van der Waals surface area (Å²) in [4.78, 5) is 18.9. The maximum absolute atomic E-state index is 11.9. The zero-order valence-corrected chi connectivity index (χ0v) is 19.7. The zero-order valence-electron chi connectivity index (χ0n) is 19.7. The van der Waals surface area contributed by atoms with Crippen LogP contribution in [0.2, 0.25) is 0 Å². The Morgan fingerprint density at radius 3 is 2.29 bits per heavy atom. The van der Waals surface area contributed by atoms with Gasteiger partial charge in [-0.15, -0.1) is 0 Å². The molecule has 178 valence electrons. The summed E-state index contributed by atoms with van der Waals surface area (Å²) in [6.07, 6.45) is 20.9. The van der Waals surface area contributed by atoms with E-state index in [4.69, 9.17) is 11.5 Å². The van der Waals surface area contributed by atoms with Crippen molar-refractivity contribution in [2.45, 2.75) is 103 Å². The Hall–Kier alpha value is -2.18. The number of nitrogens with two attached hydrogens (primary N) is 2. The summed E-state index contributed by atoms with van der Waals surface area (Å²) in [5, 5.41) is 6.16. The van der Waals surface area contributed by atoms with Crippen LogP contribution in [0.25, 0.3) is 0 Å². The average molecular weight is 435 g/mol. The van der Waals surface area contributed by atoms with Crippen molar-refractivity contribution in [3.05, 3.63) is 23.8 Å². The second kappa shape index (κ2) is 18.6. The molecule has 0 aromatic carbocycles. The molecule has 0 aliphatic rings. The van der Waals surface area contributed by atoms with E-state index in [1.807, 2.05) is 6.20 Å². The van der Waals surface area contributed by atoms with Gasteiger partial charge in [0.05, 0.1) is 6.20 Å². The summed E-state index contributed by atoms with van der Waals surface area (Å²) in [5.74, 6) is 0.633. The molecule has 0 spiro atoms. The second-order valence-corrected chi connectivity index (χ2v) is 8.46. The Balaban J connectivity index is 1.87. The van der Waals surface area contributed by atoms with Crippen molar-refractivity contribution in [2.75, 3.05) is 18.8 Å². The zero-order chi connectivity index (χ0) is 22.6. The molecule has 0 bridgehead atoms. The van der Waals surface area contributed by atoms with Crippen LogP contribution in [-0.4, -0.2) is 29.0 Å². The average Bonchev–Trinajstić information content (AvgIpc) is 3.17. The fourth-order valence-electron chi connectivity index (χ4n) is 3.56. The molecule has 0 saturated heterocycles. The van der Waals surface area contributed by atoms with E-state index >= 15 is 0 Å². The van der Waals surface area contributed by atoms with E-state index in [2.05, 4.69) is 27.5 Å². The van der Waals surface area contributed by atoms with Gasteiger partial charge >= 0.3 is 0 Å². The molecule has 7 N–H and O–H groups in total. The molecule has 1 aromatic heterocycles. The van der Waals surface area contributed by atoms with Gasteiger partial charge in [-0.05, 0) is 32.1 Å². The van der Waals surface area contributed by atoms with E-state index in [0.717, 1.165) is 56.3 Å². The quantitative estimate of drug-likeness (QED) is 0.193. The highest BCUT2D eigenvalue weighted by atomic mass is 16.1. The molecule has 0 radical (unpaired) electrons. The standard InChI is InChI=1S/C24H46N6O/c1-2-3-4-5-6-7-8-9-13-16-23(31)28-18-17-27-19-21(25)14-11-10-12-15-22-20-29-24(26)30-22/h19-20,27H,2-18,25H2,1H3,(H,28,31)(H3,26,29,30)/b21-19-. The van der Waals surface area contributed by atoms with Gasteiger partial charge in [-0.25, -0.2) is 4.98 Å². The minimum Gasteiger partial charge on any atom is -0.401 e. The van der Waals surface area contributed by atoms with Crippen molar-refractivity contribution in [2.24, 2.45) is 5.73 Å². The van der Waals surface area contributed by atoms with Crippen molar-refractivity contribution in [1.82, 2.24) is 20.6 Å². The monoisotopic (exact) mass is 434 g/mol. The number of hydrogen-bond donors (Lipinski definition) is 5. The molecule has 7 nitrogen and oxygen atoms in total. The summed E-state index contributed by atoms with van der Waals surface area (Å²) < 4.78 is 0. The lowest BCUT2D eigenvalue weighted by atomic mass is 10.1. The number of unbranched alkanes of at least 4 members (excludes halogenated alkanes) is 10. The van der Waals surface area contributed by atoms with Crippen LogP contribution >= 0.6 is 0 Å². The molecule has 1 heterocycles. The van der Waals surface area contributed by atoms with Crippen LogP contribution in [-0.2, 0) is 11.2 Å². The number of nitrogen functional groups attached to an aromatic ring is 1. The number of imidazole rings is 1. The molecular formula is C24H46N6O. The lowest BCUT2D eigenvalue weighted by molar-refractivity contribution is -0.121. The van der Waals surface area contributed by atoms with E-state index < -0.39 is 0 Å². The van der Waals surface area contributed by atoms with Gasteiger partial charge in [-0.3, -0.25) is 4.79 Å². The fourth-order valence-corrected chi connectivity index (χ4v) is 3.56. The fraction of sp³-hybridized carbons (Fsp3) is 0.750. The number of allylic oxidation sites excluding steroid dienone is 1. The van der Waals surface area contributed by atoms with Gasteiger partial charge in [0.25, 0.3) is 0 Å². The molecular weight excluding hydrogens is 388 g/mol. The number of hydrogen-bond acceptors (Lipinski definition) is 5. The number of H-pyrrole nitrogens is 1. The number of nitrogens with zero attached hydrogens (tertiary/aromatic N) is 1. The van der Waals surface area contributed by atoms with Crippen LogP contribution < -0.4 is 22.1 Å². The number of anilines is 1. The minimum absolute atomic E-state index is 0.153. The van der Waals surface area contributed by atoms with Crippen molar-refractivity contribution < 1.29 is 4.79 Å². The molecule has 31 heavy (non-hydrogen) atoms. The number of amides is 1. The number of aromatic nitrogens is 2. The van der Waals surface area contributed by atoms with E-state index in [9.17, 15) is 4.79 Å². The van der Waals surface area contributed by atoms with Gasteiger partial charge in [-0.2, -0.15) is 0 Å². The molecule has 7 heteroatoms. The first kappa shape index (κ1) is 26.9. The molecule has 0 aliphatic heterocycles. The predicted molar refractivity (Wildman–Crippen MR) is 130 cm³/mol. The minimum atomic E-state index is 0.153. The third kappa shape index (κ3) is 16.2. The van der Waals surface area contributed by atoms with Gasteiger partial charge in [0.2, 0.25) is 5.91 Å². The highest BCUT2D eigenvalue weighted by Gasteiger charge is 2.01. The predicted octanol–water partition coefficient (Wildman–Crippen LogP) is 4.52. The third-order valence-corrected chi connectivity index (χ3v) is 5.45. The summed E-state index contributed by atoms with van der Waals surface area (Å²) in [6, 6.07) is 0. The maximum Gasteiger partial charge on any atom is 0.220 e. The Morgan fingerprint density at radius 2 is 1.61 bits per heavy atom. The van der Waals surface area contributed by atoms with Crippen LogP contribution in [0, 0.1) is 0 Å². The maximum atomic E-state index is 11.9. The van der Waals surface area contributed by atoms with Gasteiger partial charge < -0.3 is 27.1 Å². The Morgan fingerprint density at radius 1 is 0.968 bits per heavy atom. The number of aromatic amines is 1. The van der Waals surface area contributed by atoms with Crippen molar-refractivity contribution in [1.29, 1.82) is 0 Å². The summed E-state index contributed by atoms with van der Waals surface area (Å²) in [5.41, 5.74) is 13.5. The third-order valence-electron chi connectivity index (χ3n) is 5.45. The largest absolute Gasteiger partial charge is 0.401 e. The summed E-state index contributed by atoms with van der Waals surface area (Å²) >= 11 is 0. The van der Waals surface area contributed by atoms with E-state index in [1.54, 1.807) is 6.20 Å². The molecule has 0 atom stereocenters. The summed E-state index contributed by atoms with van der Waals surface area (Å²) in [6.45, 7) is 3.58. The van der Waals surface area contributed by atoms with Crippen molar-refractivity contribution in [3.63, 3.8) is 0 Å². The number of nitrogens with one attached hydrogen (secondary N) is 3. The van der Waals surface area contributed by atoms with Crippen molar-refractivity contribution >= 4 is 11.9 Å². The van der Waals surface area contributed by atoms with Gasteiger partial charge in [0.1, 0.15) is 0 Å². The van der Waals surface area contributed by atoms with E-state index in [1.165, 1.54) is 44.9 Å². The number of carbonyl (C=O) groups is 1. The van der Waals surface area contributed by atoms with E-state index in [-0.39, 0.29) is 5.91 Å². The van der Waals surface area contributed by atoms with Crippen LogP contribution in [0.3, 0.4) is 0 Å². The van der Waals surface area contributed by atoms with Crippen LogP contribution in [0.5, 0.6) is 0 Å². The SMILES string of the molecule is CCCCCCCCCCCC(=O)NCCN/C=C(\N)CCCCCc1cnc(N)[nH]1. The molecule has 0 aliphatic carbocycles. The second-order valence-electron chi connectivity index (χ2n) is 8.46. The topological polar surface area (TPSA) is 122 Å². The molecule has 0 fully saturated rings. The number of carbonyl (C=O) groups excluding carboxylic acids is 1. The van der Waals surface area contributed by atoms with Crippen LogP contribution in [0.4, 0.5) is 5.95 Å². The smallest absolute Gasteiger partial charge is 0.220 e. The van der Waals surface area contributed by atoms with Crippen molar-refractivity contribution in [3.8, 4) is 0 Å². The Kier molecular flexibility index (Phi) is 16.1. The molecule has 1 rings (SSSR count). The van der Waals surface area contributed by atoms with Crippen LogP contribution in [0.1, 0.15) is 103 Å². The van der Waals surface area contributed by atoms with Gasteiger partial charge in [0, 0.05) is 37.1 Å². The van der Waals surface area contributed by atoms with E-state index in [0.29, 0.717) is 25.5 Å². The lowest BCUT2D eigenvalue weighted by Crippen LogP contribution is -2.30. The number of aryl methyl sites for hydroxylation is 1. The summed E-state index contributed by atoms with van der Waals surface area (Å²) in [7, 11) is 0. The molecule has 0 saturated carbocycles. The van der Waals surface area contributed by atoms with Crippen LogP contribution in [0.15, 0.2) is 18.1 Å². The highest BCUT2D eigenvalue weighted by molar-refractivity contribution is 5.75. The van der Waals surface area contributed by atoms with Gasteiger partial charge in [-0.1, -0.05) is 64.7 Å². The normalized spacial score (nSPS) is 11.6. The lowest BCUT2D eigenvalue weighted by Gasteiger charge is -2.07.